The zero-order chi connectivity index (χ0) is 3.70. The zero-order valence-corrected chi connectivity index (χ0v) is 6.19. The quantitative estimate of drug-likeness (QED) is 0.500. The van der Waals surface area contributed by atoms with Crippen LogP contribution in [0.4, 0.5) is 0 Å². The van der Waals surface area contributed by atoms with Crippen molar-refractivity contribution in [2.24, 2.45) is 0 Å². The van der Waals surface area contributed by atoms with Gasteiger partial charge in [-0.3, -0.25) is 4.79 Å². The summed E-state index contributed by atoms with van der Waals surface area (Å²) in [5, 5.41) is 0. The maximum atomic E-state index is 9.81. The molecule has 0 aliphatic heterocycles. The molecule has 1 aliphatic rings. The summed E-state index contributed by atoms with van der Waals surface area (Å²) in [5.74, 6) is 0.255. The fraction of sp³-hybridized carbons (Fsp3) is 0.250. The minimum absolute atomic E-state index is 0. The van der Waals surface area contributed by atoms with Crippen molar-refractivity contribution < 1.29 is 37.5 Å². The van der Waals surface area contributed by atoms with E-state index in [1.165, 1.54) is 0 Å². The molecule has 0 aromatic heterocycles. The van der Waals surface area contributed by atoms with Crippen LogP contribution in [0.5, 0.6) is 0 Å². The molecule has 0 amide bonds. The maximum absolute atomic E-state index is 9.81. The molecule has 1 radical (unpaired) electrons. The molecule has 0 aromatic rings. The largest absolute Gasteiger partial charge is 0.295 e. The molecule has 0 unspecified atom stereocenters. The van der Waals surface area contributed by atoms with Crippen molar-refractivity contribution in [2.75, 3.05) is 0 Å². The second kappa shape index (κ2) is 2.65. The molecule has 0 atom stereocenters. The Hall–Kier alpha value is 0.514. The van der Waals surface area contributed by atoms with Crippen LogP contribution in [0.2, 0.25) is 0 Å². The van der Waals surface area contributed by atoms with E-state index in [9.17, 15) is 4.79 Å². The number of hydrogen-bond acceptors (Lipinski definition) is 1. The standard InChI is InChI=1S/C4H4O.Y/c5-4-2-1-3-4;/h1-2H,3H2;. The topological polar surface area (TPSA) is 17.1 Å². The van der Waals surface area contributed by atoms with Crippen molar-refractivity contribution in [1.82, 2.24) is 0 Å². The molecule has 1 rings (SSSR count). The van der Waals surface area contributed by atoms with Crippen molar-refractivity contribution in [3.63, 3.8) is 0 Å². The van der Waals surface area contributed by atoms with Crippen LogP contribution in [0, 0.1) is 0 Å². The Kier molecular flexibility index (Phi) is 2.87. The third kappa shape index (κ3) is 1.31. The van der Waals surface area contributed by atoms with E-state index in [0.717, 1.165) is 0 Å². The van der Waals surface area contributed by atoms with Crippen LogP contribution in [0.1, 0.15) is 6.42 Å². The molecule has 2 heteroatoms. The first-order valence-corrected chi connectivity index (χ1v) is 1.59. The van der Waals surface area contributed by atoms with Gasteiger partial charge in [0.2, 0.25) is 0 Å². The first kappa shape index (κ1) is 6.51. The minimum atomic E-state index is 0. The van der Waals surface area contributed by atoms with Crippen molar-refractivity contribution in [2.45, 2.75) is 6.42 Å². The first-order chi connectivity index (χ1) is 2.39. The number of allylic oxidation sites excluding steroid dienone is 2. The van der Waals surface area contributed by atoms with Gasteiger partial charge in [0.05, 0.1) is 0 Å². The van der Waals surface area contributed by atoms with Gasteiger partial charge in [0.15, 0.2) is 5.78 Å². The fourth-order valence-electron chi connectivity index (χ4n) is 0.214. The van der Waals surface area contributed by atoms with E-state index in [1.54, 1.807) is 6.08 Å². The second-order valence-electron chi connectivity index (χ2n) is 1.07. The maximum Gasteiger partial charge on any atom is 0.159 e. The van der Waals surface area contributed by atoms with E-state index in [2.05, 4.69) is 0 Å². The molecule has 0 bridgehead atoms. The summed E-state index contributed by atoms with van der Waals surface area (Å²) in [6.07, 6.45) is 4.10. The summed E-state index contributed by atoms with van der Waals surface area (Å²) in [4.78, 5) is 9.81. The molecule has 1 nitrogen and oxygen atoms in total. The van der Waals surface area contributed by atoms with Crippen molar-refractivity contribution in [1.29, 1.82) is 0 Å². The number of carbonyl (C=O) groups excluding carboxylic acids is 1. The molecule has 0 saturated carbocycles. The molecular weight excluding hydrogens is 153 g/mol. The van der Waals surface area contributed by atoms with Gasteiger partial charge in [-0.25, -0.2) is 0 Å². The Bertz CT molecular complexity index is 85.5. The van der Waals surface area contributed by atoms with Gasteiger partial charge in [0, 0.05) is 39.1 Å². The summed E-state index contributed by atoms with van der Waals surface area (Å²) in [5.41, 5.74) is 0. The van der Waals surface area contributed by atoms with Crippen molar-refractivity contribution in [3.8, 4) is 0 Å². The van der Waals surface area contributed by atoms with E-state index in [0.29, 0.717) is 6.42 Å². The van der Waals surface area contributed by atoms with Crippen LogP contribution in [-0.4, -0.2) is 5.78 Å². The van der Waals surface area contributed by atoms with Crippen LogP contribution in [0.3, 0.4) is 0 Å². The third-order valence-electron chi connectivity index (χ3n) is 0.623. The predicted octanol–water partition coefficient (Wildman–Crippen LogP) is 0.513. The second-order valence-corrected chi connectivity index (χ2v) is 1.07. The summed E-state index contributed by atoms with van der Waals surface area (Å²) in [7, 11) is 0. The Morgan fingerprint density at radius 3 is 2.00 bits per heavy atom. The van der Waals surface area contributed by atoms with Gasteiger partial charge < -0.3 is 0 Å². The SMILES string of the molecule is O=C1C=CC1.[Y]. The van der Waals surface area contributed by atoms with E-state index < -0.39 is 0 Å². The molecule has 0 spiro atoms. The average molecular weight is 157 g/mol. The fourth-order valence-corrected chi connectivity index (χ4v) is 0.214. The summed E-state index contributed by atoms with van der Waals surface area (Å²) in [6.45, 7) is 0. The third-order valence-corrected chi connectivity index (χ3v) is 0.623. The van der Waals surface area contributed by atoms with E-state index in [4.69, 9.17) is 0 Å². The molecule has 0 saturated heterocycles. The monoisotopic (exact) mass is 157 g/mol. The number of rotatable bonds is 0. The van der Waals surface area contributed by atoms with E-state index in [1.807, 2.05) is 6.08 Å². The molecule has 0 aromatic carbocycles. The molecule has 29 valence electrons. The molecule has 0 fully saturated rings. The summed E-state index contributed by atoms with van der Waals surface area (Å²) in [6, 6.07) is 0. The zero-order valence-electron chi connectivity index (χ0n) is 3.35. The first-order valence-electron chi connectivity index (χ1n) is 1.59. The van der Waals surface area contributed by atoms with Crippen LogP contribution >= 0.6 is 0 Å². The summed E-state index contributed by atoms with van der Waals surface area (Å²) < 4.78 is 0. The van der Waals surface area contributed by atoms with Crippen LogP contribution in [0.15, 0.2) is 12.2 Å². The van der Waals surface area contributed by atoms with Gasteiger partial charge in [-0.05, 0) is 6.08 Å². The summed E-state index contributed by atoms with van der Waals surface area (Å²) >= 11 is 0. The van der Waals surface area contributed by atoms with E-state index >= 15 is 0 Å². The number of ketones is 1. The van der Waals surface area contributed by atoms with Gasteiger partial charge >= 0.3 is 0 Å². The normalized spacial score (nSPS) is 15.7. The van der Waals surface area contributed by atoms with Crippen molar-refractivity contribution >= 4 is 5.78 Å². The molecular formula is C4H4OY. The number of carbonyl (C=O) groups is 1. The van der Waals surface area contributed by atoms with E-state index in [-0.39, 0.29) is 38.5 Å². The predicted molar refractivity (Wildman–Crippen MR) is 18.8 cm³/mol. The van der Waals surface area contributed by atoms with Crippen LogP contribution < -0.4 is 0 Å². The molecule has 1 aliphatic carbocycles. The minimum Gasteiger partial charge on any atom is -0.295 e. The molecule has 0 heterocycles. The Morgan fingerprint density at radius 1 is 1.67 bits per heavy atom. The van der Waals surface area contributed by atoms with Gasteiger partial charge in [0.1, 0.15) is 0 Å². The van der Waals surface area contributed by atoms with Crippen LogP contribution in [0.25, 0.3) is 0 Å². The number of hydrogen-bond donors (Lipinski definition) is 0. The average Bonchev–Trinajstić information content (AvgIpc) is 1.30. The molecule has 0 N–H and O–H groups in total. The molecule has 6 heavy (non-hydrogen) atoms. The Morgan fingerprint density at radius 2 is 2.00 bits per heavy atom. The van der Waals surface area contributed by atoms with Crippen molar-refractivity contribution in [3.05, 3.63) is 12.2 Å². The Labute approximate surface area is 61.7 Å². The van der Waals surface area contributed by atoms with Crippen LogP contribution in [-0.2, 0) is 37.5 Å². The van der Waals surface area contributed by atoms with Gasteiger partial charge in [-0.2, -0.15) is 0 Å². The smallest absolute Gasteiger partial charge is 0.159 e. The van der Waals surface area contributed by atoms with Gasteiger partial charge in [-0.15, -0.1) is 0 Å². The Balaban J connectivity index is 0.000000250. The van der Waals surface area contributed by atoms with Gasteiger partial charge in [-0.1, -0.05) is 6.08 Å². The van der Waals surface area contributed by atoms with Gasteiger partial charge in [0.25, 0.3) is 0 Å².